The van der Waals surface area contributed by atoms with Crippen LogP contribution in [0.2, 0.25) is 0 Å². The first-order valence-corrected chi connectivity index (χ1v) is 6.29. The van der Waals surface area contributed by atoms with Gasteiger partial charge in [-0.2, -0.15) is 0 Å². The summed E-state index contributed by atoms with van der Waals surface area (Å²) in [5.74, 6) is -2.63. The van der Waals surface area contributed by atoms with Crippen LogP contribution in [0.5, 0.6) is 5.75 Å². The number of carbonyl (C=O) groups excluding carboxylic acids is 1. The minimum Gasteiger partial charge on any atom is -0.491 e. The van der Waals surface area contributed by atoms with Gasteiger partial charge in [0.15, 0.2) is 0 Å². The van der Waals surface area contributed by atoms with Crippen molar-refractivity contribution < 1.29 is 29.3 Å². The summed E-state index contributed by atoms with van der Waals surface area (Å²) < 4.78 is 5.43. The molecule has 0 aliphatic heterocycles. The Morgan fingerprint density at radius 3 is 1.90 bits per heavy atom. The Hall–Kier alpha value is -2.57. The fourth-order valence-electron chi connectivity index (χ4n) is 1.66. The minimum absolute atomic E-state index is 0.0120. The van der Waals surface area contributed by atoms with Crippen molar-refractivity contribution in [1.82, 2.24) is 4.90 Å². The number of hydrogen-bond acceptors (Lipinski definition) is 4. The molecule has 0 aliphatic rings. The maximum atomic E-state index is 12.1. The molecular weight excluding hydrogens is 278 g/mol. The molecule has 7 heteroatoms. The molecule has 0 spiro atoms. The molecule has 0 aromatic heterocycles. The monoisotopic (exact) mass is 295 g/mol. The number of aliphatic carboxylic acids is 2. The highest BCUT2D eigenvalue weighted by molar-refractivity contribution is 5.97. The molecule has 0 heterocycles. The van der Waals surface area contributed by atoms with E-state index in [2.05, 4.69) is 0 Å². The number of nitrogens with zero attached hydrogens (tertiary/aromatic N) is 1. The van der Waals surface area contributed by atoms with Gasteiger partial charge in [0.1, 0.15) is 18.8 Å². The Kier molecular flexibility index (Phi) is 5.71. The number of carboxylic acid groups (broad SMARTS) is 2. The number of carboxylic acids is 2. The summed E-state index contributed by atoms with van der Waals surface area (Å²) in [7, 11) is 0. The fraction of sp³-hybridized carbons (Fsp3) is 0.357. The van der Waals surface area contributed by atoms with E-state index in [1.54, 1.807) is 12.1 Å². The van der Waals surface area contributed by atoms with E-state index >= 15 is 0 Å². The lowest BCUT2D eigenvalue weighted by Gasteiger charge is -2.18. The summed E-state index contributed by atoms with van der Waals surface area (Å²) in [6, 6.07) is 6.09. The Bertz CT molecular complexity index is 507. The van der Waals surface area contributed by atoms with Crippen molar-refractivity contribution in [1.29, 1.82) is 0 Å². The smallest absolute Gasteiger partial charge is 0.323 e. The number of rotatable bonds is 7. The Labute approximate surface area is 121 Å². The zero-order valence-corrected chi connectivity index (χ0v) is 11.8. The van der Waals surface area contributed by atoms with Crippen LogP contribution in [0.15, 0.2) is 24.3 Å². The molecule has 0 radical (unpaired) electrons. The van der Waals surface area contributed by atoms with E-state index in [4.69, 9.17) is 14.9 Å². The van der Waals surface area contributed by atoms with Gasteiger partial charge < -0.3 is 19.8 Å². The zero-order valence-electron chi connectivity index (χ0n) is 11.8. The molecule has 7 nitrogen and oxygen atoms in total. The van der Waals surface area contributed by atoms with Gasteiger partial charge in [-0.05, 0) is 38.1 Å². The molecule has 1 rings (SSSR count). The van der Waals surface area contributed by atoms with Crippen LogP contribution in [0, 0.1) is 0 Å². The highest BCUT2D eigenvalue weighted by Crippen LogP contribution is 2.15. The maximum absolute atomic E-state index is 12.1. The van der Waals surface area contributed by atoms with Crippen molar-refractivity contribution in [3.8, 4) is 5.75 Å². The molecule has 1 aromatic rings. The third-order valence-electron chi connectivity index (χ3n) is 2.41. The van der Waals surface area contributed by atoms with Crippen LogP contribution in [-0.2, 0) is 9.59 Å². The van der Waals surface area contributed by atoms with E-state index in [-0.39, 0.29) is 11.7 Å². The van der Waals surface area contributed by atoms with Gasteiger partial charge >= 0.3 is 11.9 Å². The van der Waals surface area contributed by atoms with E-state index < -0.39 is 30.9 Å². The molecule has 114 valence electrons. The molecule has 0 saturated heterocycles. The lowest BCUT2D eigenvalue weighted by molar-refractivity contribution is -0.140. The number of hydrogen-bond donors (Lipinski definition) is 2. The highest BCUT2D eigenvalue weighted by Gasteiger charge is 2.21. The molecule has 0 unspecified atom stereocenters. The average Bonchev–Trinajstić information content (AvgIpc) is 2.36. The molecule has 2 N–H and O–H groups in total. The van der Waals surface area contributed by atoms with E-state index in [1.165, 1.54) is 12.1 Å². The highest BCUT2D eigenvalue weighted by atomic mass is 16.5. The maximum Gasteiger partial charge on any atom is 0.323 e. The van der Waals surface area contributed by atoms with Crippen LogP contribution < -0.4 is 4.74 Å². The molecular formula is C14H17NO6. The quantitative estimate of drug-likeness (QED) is 0.780. The van der Waals surface area contributed by atoms with Crippen molar-refractivity contribution in [2.75, 3.05) is 13.1 Å². The predicted octanol–water partition coefficient (Wildman–Crippen LogP) is 1.09. The van der Waals surface area contributed by atoms with Crippen molar-refractivity contribution in [3.05, 3.63) is 29.8 Å². The van der Waals surface area contributed by atoms with Gasteiger partial charge in [-0.1, -0.05) is 0 Å². The summed E-state index contributed by atoms with van der Waals surface area (Å²) in [6.45, 7) is 2.38. The molecule has 0 atom stereocenters. The first-order chi connectivity index (χ1) is 9.79. The van der Waals surface area contributed by atoms with Crippen molar-refractivity contribution in [2.45, 2.75) is 20.0 Å². The van der Waals surface area contributed by atoms with Gasteiger partial charge in [0.05, 0.1) is 6.10 Å². The van der Waals surface area contributed by atoms with E-state index in [9.17, 15) is 14.4 Å². The molecule has 0 aliphatic carbocycles. The van der Waals surface area contributed by atoms with E-state index in [1.807, 2.05) is 13.8 Å². The Balaban J connectivity index is 2.87. The minimum atomic E-state index is -1.27. The van der Waals surface area contributed by atoms with Crippen molar-refractivity contribution >= 4 is 17.8 Å². The summed E-state index contributed by atoms with van der Waals surface area (Å²) in [4.78, 5) is 34.3. The lowest BCUT2D eigenvalue weighted by atomic mass is 10.2. The topological polar surface area (TPSA) is 104 Å². The summed E-state index contributed by atoms with van der Waals surface area (Å²) in [6.07, 6.45) is -0.0120. The normalized spacial score (nSPS) is 10.2. The summed E-state index contributed by atoms with van der Waals surface area (Å²) in [5, 5.41) is 17.5. The fourth-order valence-corrected chi connectivity index (χ4v) is 1.66. The predicted molar refractivity (Wildman–Crippen MR) is 73.4 cm³/mol. The average molecular weight is 295 g/mol. The van der Waals surface area contributed by atoms with Gasteiger partial charge in [-0.3, -0.25) is 14.4 Å². The molecule has 0 bridgehead atoms. The van der Waals surface area contributed by atoms with Gasteiger partial charge in [-0.25, -0.2) is 0 Å². The lowest BCUT2D eigenvalue weighted by Crippen LogP contribution is -2.39. The van der Waals surface area contributed by atoms with Gasteiger partial charge in [0.25, 0.3) is 5.91 Å². The molecule has 21 heavy (non-hydrogen) atoms. The largest absolute Gasteiger partial charge is 0.491 e. The summed E-state index contributed by atoms with van der Waals surface area (Å²) in [5.41, 5.74) is 0.202. The Morgan fingerprint density at radius 2 is 1.52 bits per heavy atom. The molecule has 0 saturated carbocycles. The van der Waals surface area contributed by atoms with Crippen LogP contribution in [0.1, 0.15) is 24.2 Å². The molecule has 0 fully saturated rings. The third-order valence-corrected chi connectivity index (χ3v) is 2.41. The second kappa shape index (κ2) is 7.28. The number of ether oxygens (including phenoxy) is 1. The second-order valence-electron chi connectivity index (χ2n) is 4.64. The van der Waals surface area contributed by atoms with Crippen LogP contribution in [0.25, 0.3) is 0 Å². The first kappa shape index (κ1) is 16.5. The van der Waals surface area contributed by atoms with E-state index in [0.717, 1.165) is 4.90 Å². The van der Waals surface area contributed by atoms with Gasteiger partial charge in [-0.15, -0.1) is 0 Å². The molecule has 1 amide bonds. The number of amides is 1. The Morgan fingerprint density at radius 1 is 1.05 bits per heavy atom. The van der Waals surface area contributed by atoms with E-state index in [0.29, 0.717) is 5.75 Å². The SMILES string of the molecule is CC(C)Oc1ccc(C(=O)N(CC(=O)O)CC(=O)O)cc1. The molecule has 1 aromatic carbocycles. The van der Waals surface area contributed by atoms with Crippen molar-refractivity contribution in [2.24, 2.45) is 0 Å². The van der Waals surface area contributed by atoms with Gasteiger partial charge in [0.2, 0.25) is 0 Å². The van der Waals surface area contributed by atoms with Crippen LogP contribution in [-0.4, -0.2) is 52.2 Å². The third kappa shape index (κ3) is 5.52. The van der Waals surface area contributed by atoms with Gasteiger partial charge in [0, 0.05) is 5.56 Å². The first-order valence-electron chi connectivity index (χ1n) is 6.29. The van der Waals surface area contributed by atoms with Crippen LogP contribution in [0.4, 0.5) is 0 Å². The van der Waals surface area contributed by atoms with Crippen LogP contribution >= 0.6 is 0 Å². The number of carbonyl (C=O) groups is 3. The standard InChI is InChI=1S/C14H17NO6/c1-9(2)21-11-5-3-10(4-6-11)14(20)15(7-12(16)17)8-13(18)19/h3-6,9H,7-8H2,1-2H3,(H,16,17)(H,18,19). The number of benzene rings is 1. The van der Waals surface area contributed by atoms with Crippen molar-refractivity contribution in [3.63, 3.8) is 0 Å². The summed E-state index contributed by atoms with van der Waals surface area (Å²) >= 11 is 0. The van der Waals surface area contributed by atoms with Crippen LogP contribution in [0.3, 0.4) is 0 Å². The second-order valence-corrected chi connectivity index (χ2v) is 4.64. The zero-order chi connectivity index (χ0) is 16.0.